The van der Waals surface area contributed by atoms with E-state index in [9.17, 15) is 14.7 Å². The molecule has 0 bridgehead atoms. The van der Waals surface area contributed by atoms with Crippen molar-refractivity contribution in [2.75, 3.05) is 0 Å². The van der Waals surface area contributed by atoms with Crippen LogP contribution in [0.15, 0.2) is 23.8 Å². The predicted molar refractivity (Wildman–Crippen MR) is 277 cm³/mol. The number of allylic oxidation sites excluding steroid dienone is 3. The molecule has 4 aliphatic rings. The number of Topliss-reactive ketones (excluding diaryl/α,β-unsaturated/α-hetero) is 2. The predicted octanol–water partition coefficient (Wildman–Crippen LogP) is 18.6. The maximum atomic E-state index is 14.7. The number of aliphatic hydroxyl groups is 1. The normalized spacial score (nSPS) is 28.8. The summed E-state index contributed by atoms with van der Waals surface area (Å²) in [6.07, 6.45) is 52.3. The molecule has 1 N–H and O–H groups in total. The molecule has 64 heavy (non-hydrogen) atoms. The van der Waals surface area contributed by atoms with Crippen LogP contribution in [0, 0.1) is 52.3 Å². The van der Waals surface area contributed by atoms with Gasteiger partial charge in [0.1, 0.15) is 11.4 Å². The van der Waals surface area contributed by atoms with Crippen LogP contribution in [-0.4, -0.2) is 22.3 Å². The summed E-state index contributed by atoms with van der Waals surface area (Å²) < 4.78 is 0. The highest BCUT2D eigenvalue weighted by atomic mass is 16.3. The minimum Gasteiger partial charge on any atom is -0.382 e. The van der Waals surface area contributed by atoms with Crippen LogP contribution >= 0.6 is 0 Å². The molecule has 0 aromatic carbocycles. The highest BCUT2D eigenvalue weighted by Crippen LogP contribution is 2.68. The molecular formula is C61H108O3. The topological polar surface area (TPSA) is 54.4 Å². The molecule has 3 heteroatoms. The molecule has 3 fully saturated rings. The standard InChI is InChI=1S/C61H108O3/c1-8-10-12-14-16-18-20-22-23-24-26-28-30-32-34-39-57(62)53(38-33-31-29-27-25-21-19-17-15-13-11-9-2)58(63)61(64)47-46-59(6)51(48-61)40-41-52-55-43-42-54(50(5)37-35-36-49(3)4)60(55,7)45-44-56(52)59/h22-23,40,49-50,52-56,64H,8-21,24-39,41-48H2,1-7H3/b23-22-/t50-,52+,53?,54-,55+,56+,59+,60-,61?/m1/s1. The molecule has 0 aromatic rings. The molecule has 0 aliphatic heterocycles. The van der Waals surface area contributed by atoms with E-state index in [4.69, 9.17) is 0 Å². The zero-order chi connectivity index (χ0) is 46.3. The fourth-order valence-electron chi connectivity index (χ4n) is 14.4. The lowest BCUT2D eigenvalue weighted by Crippen LogP contribution is -2.55. The van der Waals surface area contributed by atoms with E-state index in [1.54, 1.807) is 0 Å². The summed E-state index contributed by atoms with van der Waals surface area (Å²) in [6.45, 7) is 17.0. The smallest absolute Gasteiger partial charge is 0.175 e. The zero-order valence-corrected chi connectivity index (χ0v) is 43.9. The van der Waals surface area contributed by atoms with Crippen molar-refractivity contribution >= 4 is 11.6 Å². The van der Waals surface area contributed by atoms with Crippen LogP contribution in [0.25, 0.3) is 0 Å². The van der Waals surface area contributed by atoms with Crippen LogP contribution in [-0.2, 0) is 9.59 Å². The van der Waals surface area contributed by atoms with Gasteiger partial charge in [0, 0.05) is 12.8 Å². The van der Waals surface area contributed by atoms with E-state index >= 15 is 0 Å². The maximum Gasteiger partial charge on any atom is 0.175 e. The first-order valence-electron chi connectivity index (χ1n) is 29.0. The maximum absolute atomic E-state index is 14.7. The van der Waals surface area contributed by atoms with E-state index in [0.29, 0.717) is 37.0 Å². The first-order chi connectivity index (χ1) is 30.9. The average Bonchev–Trinajstić information content (AvgIpc) is 3.64. The molecule has 4 rings (SSSR count). The Hall–Kier alpha value is -1.22. The van der Waals surface area contributed by atoms with Gasteiger partial charge < -0.3 is 5.11 Å². The third kappa shape index (κ3) is 16.8. The van der Waals surface area contributed by atoms with E-state index in [0.717, 1.165) is 81.0 Å². The summed E-state index contributed by atoms with van der Waals surface area (Å²) in [5.41, 5.74) is 0.475. The molecule has 370 valence electrons. The number of fused-ring (bicyclic) bond motifs is 5. The van der Waals surface area contributed by atoms with Gasteiger partial charge in [-0.25, -0.2) is 0 Å². The second-order valence-electron chi connectivity index (χ2n) is 23.9. The van der Waals surface area contributed by atoms with Crippen molar-refractivity contribution in [3.8, 4) is 0 Å². The van der Waals surface area contributed by atoms with E-state index in [1.165, 1.54) is 173 Å². The third-order valence-electron chi connectivity index (χ3n) is 18.6. The Morgan fingerprint density at radius 2 is 1.17 bits per heavy atom. The summed E-state index contributed by atoms with van der Waals surface area (Å²) in [5.74, 6) is 4.00. The molecule has 3 nitrogen and oxygen atoms in total. The first kappa shape index (κ1) is 55.4. The van der Waals surface area contributed by atoms with Gasteiger partial charge in [0.25, 0.3) is 0 Å². The highest BCUT2D eigenvalue weighted by Gasteiger charge is 2.61. The summed E-state index contributed by atoms with van der Waals surface area (Å²) >= 11 is 0. The van der Waals surface area contributed by atoms with E-state index in [-0.39, 0.29) is 17.0 Å². The van der Waals surface area contributed by atoms with Crippen molar-refractivity contribution in [3.05, 3.63) is 23.8 Å². The lowest BCUT2D eigenvalue weighted by atomic mass is 9.46. The fraction of sp³-hybridized carbons (Fsp3) is 0.902. The first-order valence-corrected chi connectivity index (χ1v) is 29.0. The van der Waals surface area contributed by atoms with Crippen LogP contribution < -0.4 is 0 Å². The second kappa shape index (κ2) is 29.6. The van der Waals surface area contributed by atoms with Gasteiger partial charge in [0.15, 0.2) is 5.78 Å². The number of unbranched alkanes of at least 4 members (excludes halogenated alkanes) is 22. The van der Waals surface area contributed by atoms with Crippen LogP contribution in [0.1, 0.15) is 292 Å². The van der Waals surface area contributed by atoms with Crippen molar-refractivity contribution in [2.45, 2.75) is 298 Å². The number of ketones is 2. The van der Waals surface area contributed by atoms with Gasteiger partial charge in [-0.05, 0) is 130 Å². The quantitative estimate of drug-likeness (QED) is 0.0387. The minimum absolute atomic E-state index is 0.0659. The van der Waals surface area contributed by atoms with Gasteiger partial charge >= 0.3 is 0 Å². The summed E-state index contributed by atoms with van der Waals surface area (Å²) in [7, 11) is 0. The lowest BCUT2D eigenvalue weighted by molar-refractivity contribution is -0.151. The lowest BCUT2D eigenvalue weighted by Gasteiger charge is -2.59. The van der Waals surface area contributed by atoms with Gasteiger partial charge in [0.05, 0.1) is 5.92 Å². The Morgan fingerprint density at radius 1 is 0.625 bits per heavy atom. The molecule has 4 aliphatic carbocycles. The Bertz CT molecular complexity index is 1360. The van der Waals surface area contributed by atoms with Gasteiger partial charge in [0.2, 0.25) is 0 Å². The number of rotatable bonds is 36. The summed E-state index contributed by atoms with van der Waals surface area (Å²) in [5, 5.41) is 12.4. The second-order valence-corrected chi connectivity index (χ2v) is 23.9. The monoisotopic (exact) mass is 889 g/mol. The molecule has 0 spiro atoms. The fourth-order valence-corrected chi connectivity index (χ4v) is 14.4. The SMILES string of the molecule is CCCCCCCC/C=C\CCCCCCCC(=O)C(CCCCCCCCCCCCCC)C(=O)C1(O)CC[C@@]2(C)C(=CC[C@H]3[C@@H]4CC[C@H]([C@H](C)CCCC(C)C)[C@@]4(C)CC[C@@H]32)C1. The minimum atomic E-state index is -1.40. The zero-order valence-electron chi connectivity index (χ0n) is 43.9. The van der Waals surface area contributed by atoms with E-state index < -0.39 is 11.5 Å². The van der Waals surface area contributed by atoms with E-state index in [2.05, 4.69) is 66.7 Å². The highest BCUT2D eigenvalue weighted by molar-refractivity contribution is 6.06. The molecule has 0 radical (unpaired) electrons. The summed E-state index contributed by atoms with van der Waals surface area (Å²) in [6, 6.07) is 0. The van der Waals surface area contributed by atoms with Gasteiger partial charge in [-0.3, -0.25) is 9.59 Å². The van der Waals surface area contributed by atoms with Crippen LogP contribution in [0.2, 0.25) is 0 Å². The number of hydrogen-bond acceptors (Lipinski definition) is 3. The van der Waals surface area contributed by atoms with E-state index in [1.807, 2.05) is 0 Å². The van der Waals surface area contributed by atoms with Crippen molar-refractivity contribution in [3.63, 3.8) is 0 Å². The van der Waals surface area contributed by atoms with Crippen LogP contribution in [0.4, 0.5) is 0 Å². The number of hydrogen-bond donors (Lipinski definition) is 1. The third-order valence-corrected chi connectivity index (χ3v) is 18.6. The Balaban J connectivity index is 1.29. The van der Waals surface area contributed by atoms with Gasteiger partial charge in [-0.1, -0.05) is 220 Å². The molecular weight excluding hydrogens is 781 g/mol. The van der Waals surface area contributed by atoms with Gasteiger partial charge in [-0.15, -0.1) is 0 Å². The molecule has 0 saturated heterocycles. The Labute approximate surface area is 398 Å². The molecule has 9 atom stereocenters. The molecule has 0 heterocycles. The van der Waals surface area contributed by atoms with Crippen molar-refractivity contribution in [1.29, 1.82) is 0 Å². The van der Waals surface area contributed by atoms with Gasteiger partial charge in [-0.2, -0.15) is 0 Å². The van der Waals surface area contributed by atoms with Crippen LogP contribution in [0.5, 0.6) is 0 Å². The number of carbonyl (C=O) groups is 2. The molecule has 3 saturated carbocycles. The largest absolute Gasteiger partial charge is 0.382 e. The number of carbonyl (C=O) groups excluding carboxylic acids is 2. The molecule has 2 unspecified atom stereocenters. The Morgan fingerprint density at radius 3 is 1.75 bits per heavy atom. The van der Waals surface area contributed by atoms with Crippen LogP contribution in [0.3, 0.4) is 0 Å². The van der Waals surface area contributed by atoms with Crippen molar-refractivity contribution in [2.24, 2.45) is 52.3 Å². The van der Waals surface area contributed by atoms with Crippen molar-refractivity contribution < 1.29 is 14.7 Å². The Kier molecular flexibility index (Phi) is 25.6. The average molecular weight is 890 g/mol. The van der Waals surface area contributed by atoms with Crippen molar-refractivity contribution in [1.82, 2.24) is 0 Å². The summed E-state index contributed by atoms with van der Waals surface area (Å²) in [4.78, 5) is 28.8. The molecule has 0 aromatic heterocycles. The molecule has 0 amide bonds.